The van der Waals surface area contributed by atoms with Crippen molar-refractivity contribution in [3.05, 3.63) is 48.0 Å². The lowest BCUT2D eigenvalue weighted by molar-refractivity contribution is 0.527. The lowest BCUT2D eigenvalue weighted by Gasteiger charge is -2.14. The van der Waals surface area contributed by atoms with Gasteiger partial charge in [-0.3, -0.25) is 4.72 Å². The van der Waals surface area contributed by atoms with Crippen molar-refractivity contribution in [2.24, 2.45) is 0 Å². The maximum absolute atomic E-state index is 12.0. The summed E-state index contributed by atoms with van der Waals surface area (Å²) in [5.41, 5.74) is 3.77. The minimum Gasteiger partial charge on any atom is -0.271 e. The van der Waals surface area contributed by atoms with Crippen molar-refractivity contribution in [1.82, 2.24) is 19.3 Å². The van der Waals surface area contributed by atoms with Crippen molar-refractivity contribution in [2.45, 2.75) is 13.8 Å². The topological polar surface area (TPSA) is 88.1 Å². The predicted octanol–water partition coefficient (Wildman–Crippen LogP) is 2.53. The molecule has 0 bridgehead atoms. The van der Waals surface area contributed by atoms with E-state index in [9.17, 15) is 8.42 Å². The standard InChI is InChI=1S/C17H19N5O2S/c1-11-7-16(13-9-18-12(2)19-10-13)20-17-8-14(5-6-15(11)17)21-25(23,24)22(3)4/h5-10,21H,1-4H3. The van der Waals surface area contributed by atoms with E-state index in [-0.39, 0.29) is 0 Å². The smallest absolute Gasteiger partial charge is 0.271 e. The van der Waals surface area contributed by atoms with Crippen LogP contribution in [0.5, 0.6) is 0 Å². The molecule has 0 aliphatic rings. The lowest BCUT2D eigenvalue weighted by atomic mass is 10.1. The summed E-state index contributed by atoms with van der Waals surface area (Å²) in [6.45, 7) is 3.82. The van der Waals surface area contributed by atoms with Crippen LogP contribution in [-0.2, 0) is 10.2 Å². The van der Waals surface area contributed by atoms with Crippen LogP contribution in [-0.4, -0.2) is 41.8 Å². The second-order valence-corrected chi connectivity index (χ2v) is 7.85. The van der Waals surface area contributed by atoms with E-state index in [1.54, 1.807) is 24.5 Å². The molecule has 0 aliphatic carbocycles. The molecule has 0 saturated carbocycles. The zero-order valence-corrected chi connectivity index (χ0v) is 15.3. The quantitative estimate of drug-likeness (QED) is 0.775. The molecule has 0 amide bonds. The monoisotopic (exact) mass is 357 g/mol. The molecule has 3 rings (SSSR count). The van der Waals surface area contributed by atoms with Crippen LogP contribution in [0.2, 0.25) is 0 Å². The predicted molar refractivity (Wildman–Crippen MR) is 98.5 cm³/mol. The van der Waals surface area contributed by atoms with E-state index in [4.69, 9.17) is 0 Å². The first-order valence-electron chi connectivity index (χ1n) is 7.67. The van der Waals surface area contributed by atoms with E-state index in [1.807, 2.05) is 26.0 Å². The van der Waals surface area contributed by atoms with E-state index in [0.717, 1.165) is 26.5 Å². The normalized spacial score (nSPS) is 11.9. The first kappa shape index (κ1) is 17.2. The van der Waals surface area contributed by atoms with Gasteiger partial charge in [-0.15, -0.1) is 0 Å². The fraction of sp³-hybridized carbons (Fsp3) is 0.235. The highest BCUT2D eigenvalue weighted by Crippen LogP contribution is 2.26. The number of aromatic nitrogens is 3. The Morgan fingerprint density at radius 2 is 1.72 bits per heavy atom. The molecule has 130 valence electrons. The van der Waals surface area contributed by atoms with Gasteiger partial charge >= 0.3 is 10.2 Å². The van der Waals surface area contributed by atoms with Gasteiger partial charge < -0.3 is 0 Å². The average Bonchev–Trinajstić information content (AvgIpc) is 2.54. The van der Waals surface area contributed by atoms with E-state index >= 15 is 0 Å². The van der Waals surface area contributed by atoms with Crippen LogP contribution in [0.1, 0.15) is 11.4 Å². The number of hydrogen-bond donors (Lipinski definition) is 1. The van der Waals surface area contributed by atoms with Crippen LogP contribution in [0.25, 0.3) is 22.2 Å². The maximum Gasteiger partial charge on any atom is 0.301 e. The van der Waals surface area contributed by atoms with Crippen LogP contribution in [0.15, 0.2) is 36.7 Å². The number of benzene rings is 1. The molecule has 25 heavy (non-hydrogen) atoms. The first-order valence-corrected chi connectivity index (χ1v) is 9.11. The number of nitrogens with one attached hydrogen (secondary N) is 1. The first-order chi connectivity index (χ1) is 11.8. The molecule has 1 aromatic carbocycles. The summed E-state index contributed by atoms with van der Waals surface area (Å²) in [5.74, 6) is 0.696. The van der Waals surface area contributed by atoms with E-state index in [0.29, 0.717) is 17.0 Å². The number of anilines is 1. The zero-order valence-electron chi connectivity index (χ0n) is 14.5. The third-order valence-electron chi connectivity index (χ3n) is 3.82. The Hall–Kier alpha value is -2.58. The number of pyridine rings is 1. The average molecular weight is 357 g/mol. The van der Waals surface area contributed by atoms with Gasteiger partial charge in [0.1, 0.15) is 5.82 Å². The molecule has 2 heterocycles. The molecular weight excluding hydrogens is 338 g/mol. The number of fused-ring (bicyclic) bond motifs is 1. The van der Waals surface area contributed by atoms with Crippen LogP contribution in [0.3, 0.4) is 0 Å². The van der Waals surface area contributed by atoms with Gasteiger partial charge in [0.15, 0.2) is 0 Å². The number of nitrogens with zero attached hydrogens (tertiary/aromatic N) is 4. The Balaban J connectivity index is 2.07. The summed E-state index contributed by atoms with van der Waals surface area (Å²) in [4.78, 5) is 13.0. The third-order valence-corrected chi connectivity index (χ3v) is 5.28. The van der Waals surface area contributed by atoms with E-state index in [1.165, 1.54) is 14.1 Å². The van der Waals surface area contributed by atoms with Crippen molar-refractivity contribution >= 4 is 26.8 Å². The van der Waals surface area contributed by atoms with Gasteiger partial charge in [0, 0.05) is 37.4 Å². The van der Waals surface area contributed by atoms with Gasteiger partial charge in [0.2, 0.25) is 0 Å². The minimum absolute atomic E-state index is 0.463. The minimum atomic E-state index is -3.56. The van der Waals surface area contributed by atoms with Gasteiger partial charge in [-0.2, -0.15) is 12.7 Å². The van der Waals surface area contributed by atoms with Crippen LogP contribution >= 0.6 is 0 Å². The van der Waals surface area contributed by atoms with Crippen LogP contribution in [0.4, 0.5) is 5.69 Å². The van der Waals surface area contributed by atoms with Crippen molar-refractivity contribution in [1.29, 1.82) is 0 Å². The number of hydrogen-bond acceptors (Lipinski definition) is 5. The Bertz CT molecular complexity index is 1030. The van der Waals surface area contributed by atoms with Gasteiger partial charge in [0.05, 0.1) is 16.9 Å². The molecule has 3 aromatic rings. The fourth-order valence-electron chi connectivity index (χ4n) is 2.38. The van der Waals surface area contributed by atoms with Gasteiger partial charge in [0.25, 0.3) is 0 Å². The lowest BCUT2D eigenvalue weighted by Crippen LogP contribution is -2.28. The third kappa shape index (κ3) is 3.59. The van der Waals surface area contributed by atoms with Gasteiger partial charge in [-0.05, 0) is 37.6 Å². The molecule has 0 saturated heterocycles. The zero-order chi connectivity index (χ0) is 18.2. The van der Waals surface area contributed by atoms with Crippen molar-refractivity contribution in [3.8, 4) is 11.3 Å². The summed E-state index contributed by atoms with van der Waals surface area (Å²) < 4.78 is 27.7. The summed E-state index contributed by atoms with van der Waals surface area (Å²) in [6, 6.07) is 7.29. The van der Waals surface area contributed by atoms with Gasteiger partial charge in [-0.25, -0.2) is 15.0 Å². The maximum atomic E-state index is 12.0. The van der Waals surface area contributed by atoms with Crippen molar-refractivity contribution in [3.63, 3.8) is 0 Å². The van der Waals surface area contributed by atoms with Crippen molar-refractivity contribution in [2.75, 3.05) is 18.8 Å². The summed E-state index contributed by atoms with van der Waals surface area (Å²) in [5, 5.41) is 0.963. The molecule has 0 radical (unpaired) electrons. The molecule has 0 atom stereocenters. The fourth-order valence-corrected chi connectivity index (χ4v) is 2.99. The molecule has 1 N–H and O–H groups in total. The highest BCUT2D eigenvalue weighted by molar-refractivity contribution is 7.90. The second kappa shape index (κ2) is 6.38. The largest absolute Gasteiger partial charge is 0.301 e. The van der Waals surface area contributed by atoms with E-state index in [2.05, 4.69) is 19.7 Å². The summed E-state index contributed by atoms with van der Waals surface area (Å²) in [6.07, 6.45) is 3.46. The molecule has 0 unspecified atom stereocenters. The molecule has 8 heteroatoms. The Kier molecular flexibility index (Phi) is 4.40. The number of rotatable bonds is 4. The Morgan fingerprint density at radius 3 is 2.36 bits per heavy atom. The molecular formula is C17H19N5O2S. The van der Waals surface area contributed by atoms with Gasteiger partial charge in [-0.1, -0.05) is 6.07 Å². The molecule has 0 aliphatic heterocycles. The molecule has 0 fully saturated rings. The second-order valence-electron chi connectivity index (χ2n) is 5.96. The molecule has 0 spiro atoms. The molecule has 2 aromatic heterocycles. The highest BCUT2D eigenvalue weighted by Gasteiger charge is 2.14. The van der Waals surface area contributed by atoms with E-state index < -0.39 is 10.2 Å². The van der Waals surface area contributed by atoms with Crippen LogP contribution in [0, 0.1) is 13.8 Å². The van der Waals surface area contributed by atoms with Crippen LogP contribution < -0.4 is 4.72 Å². The van der Waals surface area contributed by atoms with Crippen molar-refractivity contribution < 1.29 is 8.42 Å². The highest BCUT2D eigenvalue weighted by atomic mass is 32.2. The SMILES string of the molecule is Cc1ncc(-c2cc(C)c3ccc(NS(=O)(=O)N(C)C)cc3n2)cn1. The molecule has 7 nitrogen and oxygen atoms in total. The Morgan fingerprint density at radius 1 is 1.04 bits per heavy atom. The Labute approximate surface area is 146 Å². The number of aryl methyl sites for hydroxylation is 2. The summed E-state index contributed by atoms with van der Waals surface area (Å²) in [7, 11) is -0.615. The summed E-state index contributed by atoms with van der Waals surface area (Å²) >= 11 is 0.